The minimum atomic E-state index is -0.475. The van der Waals surface area contributed by atoms with Crippen molar-refractivity contribution >= 4 is 37.5 Å². The van der Waals surface area contributed by atoms with E-state index in [2.05, 4.69) is 46.4 Å². The molecule has 0 saturated heterocycles. The van der Waals surface area contributed by atoms with E-state index in [1.807, 2.05) is 6.07 Å². The number of nitrogens with zero attached hydrogens (tertiary/aromatic N) is 3. The van der Waals surface area contributed by atoms with Crippen molar-refractivity contribution in [2.75, 3.05) is 19.4 Å². The minimum Gasteiger partial charge on any atom is -0.389 e. The third-order valence-corrected chi connectivity index (χ3v) is 6.62. The fraction of sp³-hybridized carbons (Fsp3) is 0.500. The van der Waals surface area contributed by atoms with Crippen molar-refractivity contribution in [3.05, 3.63) is 30.1 Å². The van der Waals surface area contributed by atoms with Gasteiger partial charge in [0.25, 0.3) is 0 Å². The fourth-order valence-electron chi connectivity index (χ4n) is 3.92. The van der Waals surface area contributed by atoms with Crippen molar-refractivity contribution in [1.29, 1.82) is 0 Å². The highest BCUT2D eigenvalue weighted by molar-refractivity contribution is 7.25. The first kappa shape index (κ1) is 17.6. The van der Waals surface area contributed by atoms with Gasteiger partial charge in [-0.05, 0) is 64.4 Å². The highest BCUT2D eigenvalue weighted by Crippen LogP contribution is 2.38. The van der Waals surface area contributed by atoms with Crippen LogP contribution in [-0.4, -0.2) is 46.2 Å². The van der Waals surface area contributed by atoms with Crippen LogP contribution in [0.25, 0.3) is 20.3 Å². The van der Waals surface area contributed by atoms with Gasteiger partial charge >= 0.3 is 0 Å². The molecule has 1 atom stereocenters. The molecule has 1 aliphatic carbocycles. The number of aromatic nitrogens is 2. The molecule has 2 N–H and O–H groups in total. The molecule has 2 heterocycles. The second-order valence-corrected chi connectivity index (χ2v) is 8.58. The van der Waals surface area contributed by atoms with Crippen LogP contribution in [0.5, 0.6) is 0 Å². The molecule has 0 spiro atoms. The lowest BCUT2D eigenvalue weighted by Gasteiger charge is -2.33. The number of thiophene rings is 1. The highest BCUT2D eigenvalue weighted by Gasteiger charge is 2.23. The first-order chi connectivity index (χ1) is 12.5. The zero-order chi connectivity index (χ0) is 18.3. The number of benzene rings is 1. The zero-order valence-electron chi connectivity index (χ0n) is 15.6. The molecule has 0 bridgehead atoms. The maximum Gasteiger partial charge on any atom is 0.139 e. The molecule has 0 aliphatic heterocycles. The largest absolute Gasteiger partial charge is 0.389 e. The monoisotopic (exact) mass is 370 g/mol. The normalized spacial score (nSPS) is 22.2. The molecular weight excluding hydrogens is 344 g/mol. The Hall–Kier alpha value is -1.76. The molecule has 26 heavy (non-hydrogen) atoms. The van der Waals surface area contributed by atoms with Crippen LogP contribution >= 0.6 is 11.3 Å². The Balaban J connectivity index is 1.67. The molecule has 0 amide bonds. The lowest BCUT2D eigenvalue weighted by molar-refractivity contribution is 0.199. The molecule has 1 saturated carbocycles. The van der Waals surface area contributed by atoms with Crippen molar-refractivity contribution in [2.24, 2.45) is 0 Å². The third-order valence-electron chi connectivity index (χ3n) is 5.54. The molecule has 1 fully saturated rings. The van der Waals surface area contributed by atoms with E-state index in [9.17, 15) is 5.11 Å². The predicted octanol–water partition coefficient (Wildman–Crippen LogP) is 4.18. The highest BCUT2D eigenvalue weighted by atomic mass is 32.1. The summed E-state index contributed by atoms with van der Waals surface area (Å²) in [5.74, 6) is 0.928. The van der Waals surface area contributed by atoms with E-state index in [-0.39, 0.29) is 0 Å². The number of rotatable bonds is 4. The Kier molecular flexibility index (Phi) is 4.82. The van der Waals surface area contributed by atoms with Gasteiger partial charge in [0.2, 0.25) is 0 Å². The first-order valence-electron chi connectivity index (χ1n) is 9.31. The number of hydrogen-bond donors (Lipinski definition) is 2. The summed E-state index contributed by atoms with van der Waals surface area (Å²) >= 11 is 1.68. The summed E-state index contributed by atoms with van der Waals surface area (Å²) in [5.41, 5.74) is 0.929. The van der Waals surface area contributed by atoms with Crippen molar-refractivity contribution < 1.29 is 5.11 Å². The molecule has 1 aromatic carbocycles. The van der Waals surface area contributed by atoms with Crippen molar-refractivity contribution in [1.82, 2.24) is 14.9 Å². The van der Waals surface area contributed by atoms with E-state index >= 15 is 0 Å². The Morgan fingerprint density at radius 3 is 2.65 bits per heavy atom. The van der Waals surface area contributed by atoms with Crippen LogP contribution in [0, 0.1) is 0 Å². The van der Waals surface area contributed by atoms with E-state index in [0.29, 0.717) is 12.1 Å². The van der Waals surface area contributed by atoms with Crippen molar-refractivity contribution in [3.8, 4) is 0 Å². The van der Waals surface area contributed by atoms with E-state index in [0.717, 1.165) is 39.8 Å². The third kappa shape index (κ3) is 3.29. The quantitative estimate of drug-likeness (QED) is 0.721. The Morgan fingerprint density at radius 1 is 1.19 bits per heavy atom. The van der Waals surface area contributed by atoms with Crippen LogP contribution < -0.4 is 5.32 Å². The maximum atomic E-state index is 9.95. The zero-order valence-corrected chi connectivity index (χ0v) is 16.4. The van der Waals surface area contributed by atoms with Gasteiger partial charge in [0.1, 0.15) is 17.0 Å². The van der Waals surface area contributed by atoms with E-state index in [1.165, 1.54) is 17.5 Å². The molecule has 138 valence electrons. The molecule has 0 radical (unpaired) electrons. The molecule has 6 heteroatoms. The summed E-state index contributed by atoms with van der Waals surface area (Å²) in [4.78, 5) is 12.4. The van der Waals surface area contributed by atoms with Gasteiger partial charge in [0.15, 0.2) is 0 Å². The molecule has 2 aromatic heterocycles. The predicted molar refractivity (Wildman–Crippen MR) is 109 cm³/mol. The van der Waals surface area contributed by atoms with Gasteiger partial charge in [-0.25, -0.2) is 9.97 Å². The lowest BCUT2D eigenvalue weighted by atomic mass is 9.90. The van der Waals surface area contributed by atoms with Gasteiger partial charge in [-0.3, -0.25) is 0 Å². The second-order valence-electron chi connectivity index (χ2n) is 7.55. The number of fused-ring (bicyclic) bond motifs is 3. The number of aliphatic hydroxyl groups is 1. The number of hydrogen-bond acceptors (Lipinski definition) is 6. The Labute approximate surface area is 158 Å². The molecular formula is C20H26N4OS. The van der Waals surface area contributed by atoms with Crippen molar-refractivity contribution in [2.45, 2.75) is 50.8 Å². The van der Waals surface area contributed by atoms with E-state index < -0.39 is 6.10 Å². The van der Waals surface area contributed by atoms with Crippen LogP contribution in [0.1, 0.15) is 44.3 Å². The van der Waals surface area contributed by atoms with Crippen LogP contribution in [0.3, 0.4) is 0 Å². The van der Waals surface area contributed by atoms with Gasteiger partial charge in [0.05, 0.1) is 11.5 Å². The summed E-state index contributed by atoms with van der Waals surface area (Å²) in [7, 11) is 4.34. The molecule has 0 unspecified atom stereocenters. The minimum absolute atomic E-state index is 0.458. The standard InChI is InChI=1S/C20H26N4OS/c1-12(25)13-4-9-17-16(10-13)18-19(21-11-22-20(18)26-17)23-14-5-7-15(8-6-14)24(2)3/h4,9-12,14-15,25H,5-8H2,1-3H3,(H,21,22,23)/t12-,14-,15-/m0/s1. The van der Waals surface area contributed by atoms with Crippen LogP contribution in [0.4, 0.5) is 5.82 Å². The summed E-state index contributed by atoms with van der Waals surface area (Å²) in [6, 6.07) is 7.30. The van der Waals surface area contributed by atoms with E-state index in [4.69, 9.17) is 0 Å². The maximum absolute atomic E-state index is 9.95. The average Bonchev–Trinajstić information content (AvgIpc) is 3.00. The molecule has 4 rings (SSSR count). The number of anilines is 1. The van der Waals surface area contributed by atoms with Gasteiger partial charge < -0.3 is 15.3 Å². The van der Waals surface area contributed by atoms with Crippen LogP contribution in [0.15, 0.2) is 24.5 Å². The Bertz CT molecular complexity index is 913. The number of aliphatic hydroxyl groups excluding tert-OH is 1. The lowest BCUT2D eigenvalue weighted by Crippen LogP contribution is -2.36. The molecule has 3 aromatic rings. The number of nitrogens with one attached hydrogen (secondary N) is 1. The van der Waals surface area contributed by atoms with Gasteiger partial charge in [0, 0.05) is 22.2 Å². The summed E-state index contributed by atoms with van der Waals surface area (Å²) < 4.78 is 1.18. The second kappa shape index (κ2) is 7.10. The molecule has 5 nitrogen and oxygen atoms in total. The first-order valence-corrected chi connectivity index (χ1v) is 10.1. The van der Waals surface area contributed by atoms with Gasteiger partial charge in [-0.15, -0.1) is 11.3 Å². The summed E-state index contributed by atoms with van der Waals surface area (Å²) in [5, 5.41) is 15.9. The smallest absolute Gasteiger partial charge is 0.139 e. The van der Waals surface area contributed by atoms with E-state index in [1.54, 1.807) is 24.6 Å². The van der Waals surface area contributed by atoms with Crippen molar-refractivity contribution in [3.63, 3.8) is 0 Å². The average molecular weight is 371 g/mol. The van der Waals surface area contributed by atoms with Crippen LogP contribution in [-0.2, 0) is 0 Å². The summed E-state index contributed by atoms with van der Waals surface area (Å²) in [6.45, 7) is 1.80. The summed E-state index contributed by atoms with van der Waals surface area (Å²) in [6.07, 6.45) is 5.94. The molecule has 1 aliphatic rings. The van der Waals surface area contributed by atoms with Gasteiger partial charge in [-0.2, -0.15) is 0 Å². The SMILES string of the molecule is C[C@H](O)c1ccc2sc3ncnc(N[C@H]4CC[C@H](N(C)C)CC4)c3c2c1. The topological polar surface area (TPSA) is 61.3 Å². The van der Waals surface area contributed by atoms with Crippen LogP contribution in [0.2, 0.25) is 0 Å². The Morgan fingerprint density at radius 2 is 1.96 bits per heavy atom. The fourth-order valence-corrected chi connectivity index (χ4v) is 4.95. The van der Waals surface area contributed by atoms with Gasteiger partial charge in [-0.1, -0.05) is 6.07 Å².